The number of aromatic nitrogens is 1. The van der Waals surface area contributed by atoms with Crippen LogP contribution in [0.25, 0.3) is 0 Å². The molecule has 2 aromatic rings. The Bertz CT molecular complexity index is 644. The second-order valence-corrected chi connectivity index (χ2v) is 5.06. The molecule has 0 saturated carbocycles. The Morgan fingerprint density at radius 3 is 2.65 bits per heavy atom. The van der Waals surface area contributed by atoms with Gasteiger partial charge in [0.05, 0.1) is 18.5 Å². The van der Waals surface area contributed by atoms with Gasteiger partial charge in [-0.1, -0.05) is 12.1 Å². The Morgan fingerprint density at radius 1 is 1.30 bits per heavy atom. The lowest BCUT2D eigenvalue weighted by Crippen LogP contribution is -2.45. The fraction of sp³-hybridized carbons (Fsp3) is 0.400. The number of nitrogens with zero attached hydrogens (tertiary/aromatic N) is 1. The molecule has 0 aliphatic carbocycles. The molecule has 8 nitrogen and oxygen atoms in total. The molecule has 124 valence electrons. The van der Waals surface area contributed by atoms with E-state index < -0.39 is 5.91 Å². The molecule has 2 aromatic heterocycles. The predicted molar refractivity (Wildman–Crippen MR) is 81.3 cm³/mol. The van der Waals surface area contributed by atoms with Crippen molar-refractivity contribution in [3.05, 3.63) is 41.2 Å². The zero-order chi connectivity index (χ0) is 16.8. The van der Waals surface area contributed by atoms with Crippen LogP contribution in [0.3, 0.4) is 0 Å². The number of aryl methyl sites for hydroxylation is 2. The van der Waals surface area contributed by atoms with Crippen molar-refractivity contribution in [2.75, 3.05) is 6.54 Å². The Balaban J connectivity index is 1.82. The number of rotatable bonds is 6. The predicted octanol–water partition coefficient (Wildman–Crippen LogP) is 1.39. The zero-order valence-electron chi connectivity index (χ0n) is 13.3. The smallest absolute Gasteiger partial charge is 0.305 e. The van der Waals surface area contributed by atoms with E-state index in [4.69, 9.17) is 8.94 Å². The molecule has 8 heteroatoms. The molecule has 23 heavy (non-hydrogen) atoms. The normalized spacial score (nSPS) is 12.0. The highest BCUT2D eigenvalue weighted by molar-refractivity contribution is 5.93. The van der Waals surface area contributed by atoms with Gasteiger partial charge in [0.15, 0.2) is 5.76 Å². The van der Waals surface area contributed by atoms with Gasteiger partial charge in [0.1, 0.15) is 5.76 Å². The largest absolute Gasteiger partial charge is 0.459 e. The van der Waals surface area contributed by atoms with Crippen molar-refractivity contribution in [3.63, 3.8) is 0 Å². The summed E-state index contributed by atoms with van der Waals surface area (Å²) in [5, 5.41) is 7.04. The second-order valence-electron chi connectivity index (χ2n) is 5.06. The van der Waals surface area contributed by atoms with Crippen molar-refractivity contribution in [2.45, 2.75) is 33.2 Å². The van der Waals surface area contributed by atoms with Gasteiger partial charge in [-0.15, -0.1) is 0 Å². The van der Waals surface area contributed by atoms with Gasteiger partial charge in [0.2, 0.25) is 0 Å². The number of carbonyl (C=O) groups is 2. The van der Waals surface area contributed by atoms with Crippen LogP contribution in [0.2, 0.25) is 0 Å². The van der Waals surface area contributed by atoms with Crippen molar-refractivity contribution in [2.24, 2.45) is 0 Å². The number of carbonyl (C=O) groups excluding carboxylic acids is 2. The number of hydrogen-bond acceptors (Lipinski definition) is 6. The summed E-state index contributed by atoms with van der Waals surface area (Å²) in [6, 6.07) is 3.05. The summed E-state index contributed by atoms with van der Waals surface area (Å²) in [5.41, 5.74) is 6.36. The number of hydrogen-bond donors (Lipinski definition) is 3. The maximum absolute atomic E-state index is 11.8. The van der Waals surface area contributed by atoms with Crippen LogP contribution in [-0.2, 0) is 4.79 Å². The molecule has 0 fully saturated rings. The summed E-state index contributed by atoms with van der Waals surface area (Å²) in [4.78, 5) is 23.4. The highest BCUT2D eigenvalue weighted by Crippen LogP contribution is 2.23. The van der Waals surface area contributed by atoms with Gasteiger partial charge in [-0.05, 0) is 32.4 Å². The Kier molecular flexibility index (Phi) is 5.53. The lowest BCUT2D eigenvalue weighted by atomic mass is 10.0. The third kappa shape index (κ3) is 4.19. The third-order valence-electron chi connectivity index (χ3n) is 3.41. The van der Waals surface area contributed by atoms with Crippen LogP contribution in [0.5, 0.6) is 0 Å². The summed E-state index contributed by atoms with van der Waals surface area (Å²) in [7, 11) is 0. The van der Waals surface area contributed by atoms with E-state index >= 15 is 0 Å². The fourth-order valence-electron chi connectivity index (χ4n) is 2.29. The minimum atomic E-state index is -0.513. The van der Waals surface area contributed by atoms with E-state index in [1.54, 1.807) is 6.07 Å². The van der Waals surface area contributed by atoms with Crippen molar-refractivity contribution < 1.29 is 18.5 Å². The van der Waals surface area contributed by atoms with Gasteiger partial charge < -0.3 is 14.3 Å². The molecule has 0 unspecified atom stereocenters. The van der Waals surface area contributed by atoms with E-state index in [2.05, 4.69) is 21.3 Å². The van der Waals surface area contributed by atoms with E-state index in [0.29, 0.717) is 0 Å². The zero-order valence-corrected chi connectivity index (χ0v) is 13.3. The lowest BCUT2D eigenvalue weighted by molar-refractivity contribution is -0.121. The van der Waals surface area contributed by atoms with Crippen LogP contribution < -0.4 is 16.2 Å². The molecule has 2 heterocycles. The summed E-state index contributed by atoms with van der Waals surface area (Å²) in [6.07, 6.45) is 2.16. The summed E-state index contributed by atoms with van der Waals surface area (Å²) >= 11 is 0. The van der Waals surface area contributed by atoms with Crippen LogP contribution in [0, 0.1) is 13.8 Å². The van der Waals surface area contributed by atoms with Gasteiger partial charge in [0.25, 0.3) is 5.91 Å². The van der Waals surface area contributed by atoms with Crippen molar-refractivity contribution in [1.29, 1.82) is 0 Å². The van der Waals surface area contributed by atoms with Gasteiger partial charge in [-0.25, -0.2) is 0 Å². The standard InChI is InChI=1S/C15H20N4O4/c1-4-11(14-9(2)19-23-10(14)3)16-8-13(20)17-18-15(21)12-6-5-7-22-12/h5-7,11,16H,4,8H2,1-3H3,(H,17,20)(H,18,21)/t11-/m0/s1. The molecule has 3 N–H and O–H groups in total. The highest BCUT2D eigenvalue weighted by Gasteiger charge is 2.19. The average Bonchev–Trinajstić information content (AvgIpc) is 3.18. The van der Waals surface area contributed by atoms with Crippen LogP contribution in [-0.4, -0.2) is 23.5 Å². The monoisotopic (exact) mass is 320 g/mol. The molecule has 2 amide bonds. The average molecular weight is 320 g/mol. The number of amides is 2. The van der Waals surface area contributed by atoms with Gasteiger partial charge in [0, 0.05) is 11.6 Å². The minimum absolute atomic E-state index is 0.0427. The first-order valence-electron chi connectivity index (χ1n) is 7.31. The number of nitrogens with one attached hydrogen (secondary N) is 3. The minimum Gasteiger partial charge on any atom is -0.459 e. The van der Waals surface area contributed by atoms with Crippen molar-refractivity contribution in [3.8, 4) is 0 Å². The first kappa shape index (κ1) is 16.8. The molecule has 0 aliphatic rings. The Morgan fingerprint density at radius 2 is 2.09 bits per heavy atom. The summed E-state index contributed by atoms with van der Waals surface area (Å²) < 4.78 is 10.1. The van der Waals surface area contributed by atoms with Crippen LogP contribution >= 0.6 is 0 Å². The molecular weight excluding hydrogens is 300 g/mol. The molecule has 0 saturated heterocycles. The van der Waals surface area contributed by atoms with Gasteiger partial charge in [-0.2, -0.15) is 0 Å². The van der Waals surface area contributed by atoms with Crippen LogP contribution in [0.1, 0.15) is 47.0 Å². The van der Waals surface area contributed by atoms with E-state index in [0.717, 1.165) is 23.4 Å². The highest BCUT2D eigenvalue weighted by atomic mass is 16.5. The first-order chi connectivity index (χ1) is 11.0. The van der Waals surface area contributed by atoms with Crippen LogP contribution in [0.15, 0.2) is 27.3 Å². The molecule has 1 atom stereocenters. The van der Waals surface area contributed by atoms with E-state index in [9.17, 15) is 9.59 Å². The molecule has 0 radical (unpaired) electrons. The van der Waals surface area contributed by atoms with Crippen molar-refractivity contribution in [1.82, 2.24) is 21.3 Å². The summed E-state index contributed by atoms with van der Waals surface area (Å²) in [6.45, 7) is 5.74. The van der Waals surface area contributed by atoms with E-state index in [-0.39, 0.29) is 24.3 Å². The first-order valence-corrected chi connectivity index (χ1v) is 7.31. The maximum atomic E-state index is 11.8. The third-order valence-corrected chi connectivity index (χ3v) is 3.41. The number of hydrazine groups is 1. The van der Waals surface area contributed by atoms with Crippen LogP contribution in [0.4, 0.5) is 0 Å². The Hall–Kier alpha value is -2.61. The molecule has 0 bridgehead atoms. The van der Waals surface area contributed by atoms with E-state index in [1.165, 1.54) is 12.3 Å². The van der Waals surface area contributed by atoms with Gasteiger partial charge in [-0.3, -0.25) is 20.4 Å². The number of furan rings is 1. The molecule has 0 spiro atoms. The quantitative estimate of drug-likeness (QED) is 0.694. The fourth-order valence-corrected chi connectivity index (χ4v) is 2.29. The maximum Gasteiger partial charge on any atom is 0.305 e. The molecular formula is C15H20N4O4. The summed E-state index contributed by atoms with van der Waals surface area (Å²) in [5.74, 6) is -0.0231. The topological polar surface area (TPSA) is 109 Å². The van der Waals surface area contributed by atoms with Crippen molar-refractivity contribution >= 4 is 11.8 Å². The Labute approximate surface area is 133 Å². The second kappa shape index (κ2) is 7.59. The molecule has 2 rings (SSSR count). The SMILES string of the molecule is CC[C@H](NCC(=O)NNC(=O)c1ccco1)c1c(C)noc1C. The lowest BCUT2D eigenvalue weighted by Gasteiger charge is -2.16. The molecule has 0 aromatic carbocycles. The van der Waals surface area contributed by atoms with E-state index in [1.807, 2.05) is 20.8 Å². The van der Waals surface area contributed by atoms with Gasteiger partial charge >= 0.3 is 5.91 Å². The molecule has 0 aliphatic heterocycles.